The Balaban J connectivity index is 2.22. The summed E-state index contributed by atoms with van der Waals surface area (Å²) < 4.78 is 5.65. The number of ether oxygens (including phenoxy) is 1. The maximum Gasteiger partial charge on any atom is 0.273 e. The Bertz CT molecular complexity index is 376. The Morgan fingerprint density at radius 1 is 1.08 bits per heavy atom. The average Bonchev–Trinajstić information content (AvgIpc) is 2.28. The van der Waals surface area contributed by atoms with E-state index in [1.165, 1.54) is 0 Å². The van der Waals surface area contributed by atoms with Crippen molar-refractivity contribution in [1.82, 2.24) is 0 Å². The number of hydrogen-bond donors (Lipinski definition) is 0. The molecule has 3 rings (SSSR count). The normalized spacial score (nSPS) is 40.2. The molecule has 3 heteroatoms. The van der Waals surface area contributed by atoms with Crippen molar-refractivity contribution in [2.45, 2.75) is 25.2 Å². The maximum absolute atomic E-state index is 5.65. The van der Waals surface area contributed by atoms with Crippen LogP contribution < -0.4 is 4.74 Å². The zero-order valence-corrected chi connectivity index (χ0v) is 7.53. The van der Waals surface area contributed by atoms with Gasteiger partial charge in [0.05, 0.1) is 0 Å². The lowest BCUT2D eigenvalue weighted by Crippen LogP contribution is -2.60. The molecule has 0 aliphatic carbocycles. The quantitative estimate of drug-likeness (QED) is 0.568. The predicted octanol–water partition coefficient (Wildman–Crippen LogP) is 1.97. The maximum atomic E-state index is 5.65. The lowest BCUT2D eigenvalue weighted by molar-refractivity contribution is -0.587. The summed E-state index contributed by atoms with van der Waals surface area (Å²) in [5.41, 5.74) is 0.618. The van der Waals surface area contributed by atoms with Gasteiger partial charge >= 0.3 is 0 Å². The average molecular weight is 178 g/mol. The predicted molar refractivity (Wildman–Crippen MR) is 45.0 cm³/mol. The van der Waals surface area contributed by atoms with Crippen LogP contribution in [0, 0.1) is 0 Å². The van der Waals surface area contributed by atoms with Gasteiger partial charge in [0.1, 0.15) is 5.75 Å². The molecule has 1 aromatic carbocycles. The van der Waals surface area contributed by atoms with E-state index in [1.807, 2.05) is 38.1 Å². The molecule has 1 aromatic rings. The lowest BCUT2D eigenvalue weighted by atomic mass is 9.89. The molecular formula is C10H10O3. The summed E-state index contributed by atoms with van der Waals surface area (Å²) in [6, 6.07) is 7.84. The lowest BCUT2D eigenvalue weighted by Gasteiger charge is -2.45. The van der Waals surface area contributed by atoms with Crippen molar-refractivity contribution in [3.8, 4) is 5.75 Å². The van der Waals surface area contributed by atoms with Gasteiger partial charge in [-0.15, -0.1) is 0 Å². The minimum atomic E-state index is -0.642. The van der Waals surface area contributed by atoms with Gasteiger partial charge in [-0.25, -0.2) is 4.89 Å². The van der Waals surface area contributed by atoms with E-state index in [4.69, 9.17) is 14.5 Å². The molecule has 0 amide bonds. The molecule has 1 fully saturated rings. The van der Waals surface area contributed by atoms with Crippen molar-refractivity contribution >= 4 is 0 Å². The number of fused-ring (bicyclic) bond motifs is 3. The first-order valence-electron chi connectivity index (χ1n) is 4.31. The molecule has 3 nitrogen and oxygen atoms in total. The van der Waals surface area contributed by atoms with Gasteiger partial charge in [0.25, 0.3) is 5.79 Å². The third-order valence-corrected chi connectivity index (χ3v) is 2.94. The molecule has 0 radical (unpaired) electrons. The van der Waals surface area contributed by atoms with Crippen molar-refractivity contribution in [3.05, 3.63) is 29.8 Å². The molecule has 13 heavy (non-hydrogen) atoms. The highest BCUT2D eigenvalue weighted by atomic mass is 17.3. The SMILES string of the molecule is CC12OOC1(C)c1ccccc1O2. The van der Waals surface area contributed by atoms with Crippen LogP contribution in [0.1, 0.15) is 19.4 Å². The molecule has 0 aromatic heterocycles. The van der Waals surface area contributed by atoms with E-state index >= 15 is 0 Å². The number of para-hydroxylation sites is 1. The van der Waals surface area contributed by atoms with Crippen LogP contribution in [0.4, 0.5) is 0 Å². The highest BCUT2D eigenvalue weighted by Crippen LogP contribution is 2.56. The van der Waals surface area contributed by atoms with E-state index in [0.717, 1.165) is 11.3 Å². The summed E-state index contributed by atoms with van der Waals surface area (Å²) in [6.45, 7) is 3.86. The van der Waals surface area contributed by atoms with E-state index in [-0.39, 0.29) is 0 Å². The van der Waals surface area contributed by atoms with E-state index in [9.17, 15) is 0 Å². The molecule has 1 saturated heterocycles. The standard InChI is InChI=1S/C10H10O3/c1-9-7-5-3-4-6-8(7)11-10(9,2)13-12-9/h3-6H,1-2H3. The van der Waals surface area contributed by atoms with Gasteiger partial charge in [0, 0.05) is 12.5 Å². The first-order chi connectivity index (χ1) is 6.16. The minimum Gasteiger partial charge on any atom is -0.456 e. The first-order valence-corrected chi connectivity index (χ1v) is 4.31. The number of benzene rings is 1. The topological polar surface area (TPSA) is 27.7 Å². The van der Waals surface area contributed by atoms with Crippen LogP contribution >= 0.6 is 0 Å². The Morgan fingerprint density at radius 3 is 2.54 bits per heavy atom. The fraction of sp³-hybridized carbons (Fsp3) is 0.400. The molecule has 2 heterocycles. The molecule has 0 spiro atoms. The van der Waals surface area contributed by atoms with E-state index in [1.54, 1.807) is 0 Å². The summed E-state index contributed by atoms with van der Waals surface area (Å²) in [7, 11) is 0. The van der Waals surface area contributed by atoms with E-state index in [0.29, 0.717) is 0 Å². The second-order valence-electron chi connectivity index (χ2n) is 3.74. The highest BCUT2D eigenvalue weighted by Gasteiger charge is 2.66. The molecule has 0 N–H and O–H groups in total. The Kier molecular flexibility index (Phi) is 1.07. The van der Waals surface area contributed by atoms with E-state index in [2.05, 4.69) is 0 Å². The molecule has 2 aliphatic heterocycles. The van der Waals surface area contributed by atoms with Crippen molar-refractivity contribution in [2.24, 2.45) is 0 Å². The largest absolute Gasteiger partial charge is 0.456 e. The second kappa shape index (κ2) is 1.89. The minimum absolute atomic E-state index is 0.441. The van der Waals surface area contributed by atoms with Crippen molar-refractivity contribution < 1.29 is 14.5 Å². The van der Waals surface area contributed by atoms with Crippen LogP contribution in [0.25, 0.3) is 0 Å². The molecule has 68 valence electrons. The van der Waals surface area contributed by atoms with Crippen LogP contribution in [0.5, 0.6) is 5.75 Å². The monoisotopic (exact) mass is 178 g/mol. The van der Waals surface area contributed by atoms with Crippen molar-refractivity contribution in [1.29, 1.82) is 0 Å². The highest BCUT2D eigenvalue weighted by molar-refractivity contribution is 5.44. The Labute approximate surface area is 76.1 Å². The van der Waals surface area contributed by atoms with Crippen LogP contribution in [0.15, 0.2) is 24.3 Å². The summed E-state index contributed by atoms with van der Waals surface area (Å²) in [5.74, 6) is 0.210. The zero-order chi connectivity index (χ0) is 9.10. The number of rotatable bonds is 0. The third kappa shape index (κ3) is 0.641. The van der Waals surface area contributed by atoms with Gasteiger partial charge in [-0.3, -0.25) is 0 Å². The molecule has 2 unspecified atom stereocenters. The van der Waals surface area contributed by atoms with Crippen LogP contribution in [0.2, 0.25) is 0 Å². The first kappa shape index (κ1) is 7.35. The van der Waals surface area contributed by atoms with Gasteiger partial charge < -0.3 is 4.74 Å². The summed E-state index contributed by atoms with van der Waals surface area (Å²) in [6.07, 6.45) is 0. The molecule has 2 atom stereocenters. The van der Waals surface area contributed by atoms with Crippen molar-refractivity contribution in [2.75, 3.05) is 0 Å². The van der Waals surface area contributed by atoms with Gasteiger partial charge in [-0.05, 0) is 13.0 Å². The zero-order valence-electron chi connectivity index (χ0n) is 7.53. The molecule has 0 bridgehead atoms. The molecule has 2 aliphatic rings. The van der Waals surface area contributed by atoms with Crippen LogP contribution in [-0.4, -0.2) is 5.79 Å². The molecule has 0 saturated carbocycles. The van der Waals surface area contributed by atoms with Crippen LogP contribution in [-0.2, 0) is 15.4 Å². The second-order valence-corrected chi connectivity index (χ2v) is 3.74. The van der Waals surface area contributed by atoms with Gasteiger partial charge in [0.2, 0.25) is 0 Å². The van der Waals surface area contributed by atoms with Crippen LogP contribution in [0.3, 0.4) is 0 Å². The van der Waals surface area contributed by atoms with E-state index < -0.39 is 11.4 Å². The smallest absolute Gasteiger partial charge is 0.273 e. The fourth-order valence-corrected chi connectivity index (χ4v) is 1.85. The molecular weight excluding hydrogens is 168 g/mol. The summed E-state index contributed by atoms with van der Waals surface area (Å²) in [4.78, 5) is 10.2. The number of hydrogen-bond acceptors (Lipinski definition) is 3. The van der Waals surface area contributed by atoms with Crippen molar-refractivity contribution in [3.63, 3.8) is 0 Å². The summed E-state index contributed by atoms with van der Waals surface area (Å²) >= 11 is 0. The third-order valence-electron chi connectivity index (χ3n) is 2.94. The fourth-order valence-electron chi connectivity index (χ4n) is 1.85. The van der Waals surface area contributed by atoms with Gasteiger partial charge in [-0.1, -0.05) is 18.2 Å². The summed E-state index contributed by atoms with van der Waals surface area (Å²) in [5, 5.41) is 0. The van der Waals surface area contributed by atoms with Gasteiger partial charge in [0.15, 0.2) is 5.60 Å². The van der Waals surface area contributed by atoms with Gasteiger partial charge in [-0.2, -0.15) is 4.89 Å². The Morgan fingerprint density at radius 2 is 1.85 bits per heavy atom. The Hall–Kier alpha value is -1.06.